The van der Waals surface area contributed by atoms with Crippen molar-refractivity contribution in [2.24, 2.45) is 0 Å². The van der Waals surface area contributed by atoms with Crippen molar-refractivity contribution in [1.82, 2.24) is 10.2 Å². The number of nitrogens with one attached hydrogen (secondary N) is 2. The maximum absolute atomic E-state index is 12.9. The lowest BCUT2D eigenvalue weighted by Gasteiger charge is -2.13. The lowest BCUT2D eigenvalue weighted by Crippen LogP contribution is -2.38. The number of carbonyl (C=O) groups excluding carboxylic acids is 3. The molecule has 2 N–H and O–H groups in total. The molecular weight excluding hydrogens is 538 g/mol. The summed E-state index contributed by atoms with van der Waals surface area (Å²) in [7, 11) is 1.52. The van der Waals surface area contributed by atoms with Crippen molar-refractivity contribution in [2.75, 3.05) is 19.0 Å². The number of nitrogens with zero attached hydrogens (tertiary/aromatic N) is 1. The average molecular weight is 564 g/mol. The third kappa shape index (κ3) is 6.37. The van der Waals surface area contributed by atoms with Crippen molar-refractivity contribution in [2.45, 2.75) is 20.5 Å². The second-order valence-electron chi connectivity index (χ2n) is 8.59. The first-order valence-electron chi connectivity index (χ1n) is 11.5. The summed E-state index contributed by atoms with van der Waals surface area (Å²) in [6.45, 7) is 3.91. The molecule has 1 aliphatic heterocycles. The third-order valence-corrected chi connectivity index (χ3v) is 6.38. The zero-order valence-electron chi connectivity index (χ0n) is 20.6. The van der Waals surface area contributed by atoms with Gasteiger partial charge in [0.1, 0.15) is 18.8 Å². The first kappa shape index (κ1) is 26.0. The van der Waals surface area contributed by atoms with Gasteiger partial charge in [0.05, 0.1) is 7.11 Å². The number of aryl methyl sites for hydroxylation is 2. The maximum atomic E-state index is 12.9. The van der Waals surface area contributed by atoms with Crippen LogP contribution in [0.2, 0.25) is 0 Å². The Bertz CT molecular complexity index is 1370. The number of urea groups is 1. The van der Waals surface area contributed by atoms with Gasteiger partial charge in [-0.1, -0.05) is 63.5 Å². The van der Waals surface area contributed by atoms with Gasteiger partial charge in [-0.05, 0) is 55.3 Å². The molecule has 0 bridgehead atoms. The molecule has 1 heterocycles. The van der Waals surface area contributed by atoms with Gasteiger partial charge >= 0.3 is 6.03 Å². The van der Waals surface area contributed by atoms with Crippen LogP contribution in [0.3, 0.4) is 0 Å². The van der Waals surface area contributed by atoms with E-state index in [2.05, 4.69) is 26.6 Å². The monoisotopic (exact) mass is 563 g/mol. The van der Waals surface area contributed by atoms with Crippen LogP contribution in [0.4, 0.5) is 10.5 Å². The number of ether oxygens (including phenoxy) is 2. The van der Waals surface area contributed by atoms with Crippen molar-refractivity contribution in [3.63, 3.8) is 0 Å². The highest BCUT2D eigenvalue weighted by molar-refractivity contribution is 9.10. The van der Waals surface area contributed by atoms with Crippen molar-refractivity contribution in [1.29, 1.82) is 0 Å². The zero-order chi connectivity index (χ0) is 26.5. The number of benzene rings is 3. The van der Waals surface area contributed by atoms with Gasteiger partial charge < -0.3 is 20.1 Å². The molecule has 37 heavy (non-hydrogen) atoms. The van der Waals surface area contributed by atoms with E-state index in [-0.39, 0.29) is 5.70 Å². The molecule has 0 unspecified atom stereocenters. The fourth-order valence-electron chi connectivity index (χ4n) is 3.63. The van der Waals surface area contributed by atoms with Crippen molar-refractivity contribution >= 4 is 45.5 Å². The molecule has 4 rings (SSSR count). The van der Waals surface area contributed by atoms with E-state index >= 15 is 0 Å². The summed E-state index contributed by atoms with van der Waals surface area (Å²) in [5.74, 6) is -0.0947. The average Bonchev–Trinajstić information content (AvgIpc) is 3.13. The van der Waals surface area contributed by atoms with E-state index in [1.54, 1.807) is 24.3 Å². The van der Waals surface area contributed by atoms with E-state index < -0.39 is 24.4 Å². The van der Waals surface area contributed by atoms with E-state index in [1.165, 1.54) is 18.7 Å². The van der Waals surface area contributed by atoms with Gasteiger partial charge in [-0.25, -0.2) is 9.69 Å². The van der Waals surface area contributed by atoms with E-state index in [1.807, 2.05) is 50.2 Å². The minimum atomic E-state index is -0.670. The normalized spacial score (nSPS) is 14.1. The van der Waals surface area contributed by atoms with Crippen molar-refractivity contribution in [3.05, 3.63) is 93.1 Å². The van der Waals surface area contributed by atoms with Crippen LogP contribution in [0, 0.1) is 13.8 Å². The highest BCUT2D eigenvalue weighted by Crippen LogP contribution is 2.35. The number of carbonyl (C=O) groups is 3. The minimum absolute atomic E-state index is 0.0456. The number of rotatable bonds is 8. The fraction of sp³-hybridized carbons (Fsp3) is 0.179. The van der Waals surface area contributed by atoms with Crippen LogP contribution in [-0.2, 0) is 16.2 Å². The molecule has 0 spiro atoms. The lowest BCUT2D eigenvalue weighted by molar-refractivity contribution is -0.127. The SMILES string of the molecule is COc1cc(/C=C2/NC(=O)N(CC(=O)Nc3ccc(C)cc3)C2=O)c(Br)cc1OCc1ccc(C)cc1. The number of methoxy groups -OCH3 is 1. The minimum Gasteiger partial charge on any atom is -0.493 e. The Balaban J connectivity index is 1.46. The molecule has 0 saturated carbocycles. The summed E-state index contributed by atoms with van der Waals surface area (Å²) in [5, 5.41) is 5.22. The van der Waals surface area contributed by atoms with Gasteiger partial charge in [0.15, 0.2) is 11.5 Å². The highest BCUT2D eigenvalue weighted by Gasteiger charge is 2.35. The first-order valence-corrected chi connectivity index (χ1v) is 12.3. The van der Waals surface area contributed by atoms with Gasteiger partial charge in [0.2, 0.25) is 5.91 Å². The fourth-order valence-corrected chi connectivity index (χ4v) is 4.07. The molecule has 3 aromatic carbocycles. The Morgan fingerprint density at radius 3 is 2.30 bits per heavy atom. The Morgan fingerprint density at radius 2 is 1.65 bits per heavy atom. The van der Waals surface area contributed by atoms with Crippen LogP contribution in [-0.4, -0.2) is 36.4 Å². The quantitative estimate of drug-likeness (QED) is 0.290. The number of anilines is 1. The Labute approximate surface area is 223 Å². The maximum Gasteiger partial charge on any atom is 0.329 e. The van der Waals surface area contributed by atoms with E-state index in [4.69, 9.17) is 9.47 Å². The lowest BCUT2D eigenvalue weighted by atomic mass is 10.1. The van der Waals surface area contributed by atoms with Crippen LogP contribution in [0.15, 0.2) is 70.8 Å². The molecule has 9 heteroatoms. The molecular formula is C28H26BrN3O5. The smallest absolute Gasteiger partial charge is 0.329 e. The second kappa shape index (κ2) is 11.3. The Morgan fingerprint density at radius 1 is 1.00 bits per heavy atom. The number of amides is 4. The molecule has 8 nitrogen and oxygen atoms in total. The predicted octanol–water partition coefficient (Wildman–Crippen LogP) is 5.18. The van der Waals surface area contributed by atoms with Gasteiger partial charge in [-0.15, -0.1) is 0 Å². The second-order valence-corrected chi connectivity index (χ2v) is 9.45. The molecule has 190 valence electrons. The topological polar surface area (TPSA) is 97.0 Å². The molecule has 0 aliphatic carbocycles. The number of halogens is 1. The largest absolute Gasteiger partial charge is 0.493 e. The molecule has 4 amide bonds. The summed E-state index contributed by atoms with van der Waals surface area (Å²) >= 11 is 3.50. The molecule has 0 atom stereocenters. The third-order valence-electron chi connectivity index (χ3n) is 5.70. The Kier molecular flexibility index (Phi) is 7.93. The van der Waals surface area contributed by atoms with Gasteiger partial charge in [0.25, 0.3) is 5.91 Å². The standard InChI is InChI=1S/C28H26BrN3O5/c1-17-4-8-19(9-5-17)16-37-25-14-22(29)20(13-24(25)36-3)12-23-27(34)32(28(35)31-23)15-26(33)30-21-10-6-18(2)7-11-21/h4-14H,15-16H2,1-3H3,(H,30,33)(H,31,35)/b23-12+. The molecule has 0 aromatic heterocycles. The first-order chi connectivity index (χ1) is 17.7. The summed E-state index contributed by atoms with van der Waals surface area (Å²) in [6, 6.07) is 18.0. The van der Waals surface area contributed by atoms with E-state index in [0.717, 1.165) is 16.0 Å². The van der Waals surface area contributed by atoms with Gasteiger partial charge in [-0.3, -0.25) is 9.59 Å². The van der Waals surface area contributed by atoms with E-state index in [0.29, 0.717) is 33.8 Å². The number of hydrogen-bond donors (Lipinski definition) is 2. The summed E-state index contributed by atoms with van der Waals surface area (Å²) in [5.41, 5.74) is 4.45. The van der Waals surface area contributed by atoms with Crippen molar-refractivity contribution < 1.29 is 23.9 Å². The predicted molar refractivity (Wildman–Crippen MR) is 144 cm³/mol. The van der Waals surface area contributed by atoms with Gasteiger partial charge in [0, 0.05) is 10.2 Å². The van der Waals surface area contributed by atoms with E-state index in [9.17, 15) is 14.4 Å². The van der Waals surface area contributed by atoms with Crippen LogP contribution >= 0.6 is 15.9 Å². The number of hydrogen-bond acceptors (Lipinski definition) is 5. The van der Waals surface area contributed by atoms with Crippen LogP contribution in [0.1, 0.15) is 22.3 Å². The molecule has 1 fully saturated rings. The number of imide groups is 1. The van der Waals surface area contributed by atoms with Crippen LogP contribution in [0.5, 0.6) is 11.5 Å². The summed E-state index contributed by atoms with van der Waals surface area (Å²) < 4.78 is 12.1. The summed E-state index contributed by atoms with van der Waals surface area (Å²) in [4.78, 5) is 38.6. The Hall–Kier alpha value is -4.11. The van der Waals surface area contributed by atoms with Crippen LogP contribution < -0.4 is 20.1 Å². The van der Waals surface area contributed by atoms with Crippen molar-refractivity contribution in [3.8, 4) is 11.5 Å². The molecule has 1 aliphatic rings. The molecule has 0 radical (unpaired) electrons. The zero-order valence-corrected chi connectivity index (χ0v) is 22.2. The molecule has 3 aromatic rings. The van der Waals surface area contributed by atoms with Gasteiger partial charge in [-0.2, -0.15) is 0 Å². The highest BCUT2D eigenvalue weighted by atomic mass is 79.9. The van der Waals surface area contributed by atoms with Crippen LogP contribution in [0.25, 0.3) is 6.08 Å². The summed E-state index contributed by atoms with van der Waals surface area (Å²) in [6.07, 6.45) is 1.52. The molecule has 1 saturated heterocycles.